The topological polar surface area (TPSA) is 78.9 Å². The zero-order valence-electron chi connectivity index (χ0n) is 10.2. The predicted molar refractivity (Wildman–Crippen MR) is 76.2 cm³/mol. The molecular formula is C14H13N3OS. The number of benzene rings is 1. The summed E-state index contributed by atoms with van der Waals surface area (Å²) in [4.78, 5) is 12.0. The van der Waals surface area contributed by atoms with Crippen LogP contribution in [-0.4, -0.2) is 12.5 Å². The second kappa shape index (κ2) is 6.14. The van der Waals surface area contributed by atoms with E-state index in [2.05, 4.69) is 5.32 Å². The lowest BCUT2D eigenvalue weighted by molar-refractivity contribution is 0.102. The number of hydrogen-bond acceptors (Lipinski definition) is 4. The van der Waals surface area contributed by atoms with Crippen molar-refractivity contribution in [3.8, 4) is 6.07 Å². The van der Waals surface area contributed by atoms with Gasteiger partial charge < -0.3 is 11.1 Å². The van der Waals surface area contributed by atoms with Crippen molar-refractivity contribution in [3.05, 3.63) is 52.4 Å². The van der Waals surface area contributed by atoms with Gasteiger partial charge in [0.2, 0.25) is 0 Å². The molecule has 2 rings (SSSR count). The molecule has 0 saturated carbocycles. The summed E-state index contributed by atoms with van der Waals surface area (Å²) < 4.78 is 0. The van der Waals surface area contributed by atoms with Crippen LogP contribution in [0.3, 0.4) is 0 Å². The zero-order chi connectivity index (χ0) is 13.7. The van der Waals surface area contributed by atoms with Crippen molar-refractivity contribution in [1.29, 1.82) is 5.26 Å². The van der Waals surface area contributed by atoms with Crippen LogP contribution in [0.25, 0.3) is 0 Å². The van der Waals surface area contributed by atoms with Crippen molar-refractivity contribution in [2.24, 2.45) is 5.73 Å². The molecule has 0 aliphatic carbocycles. The Bertz CT molecular complexity index is 610. The molecule has 2 aromatic rings. The number of anilines is 1. The van der Waals surface area contributed by atoms with Crippen molar-refractivity contribution in [2.45, 2.75) is 6.42 Å². The number of amides is 1. The molecule has 0 unspecified atom stereocenters. The number of hydrogen-bond donors (Lipinski definition) is 2. The first-order chi connectivity index (χ1) is 9.24. The van der Waals surface area contributed by atoms with Crippen LogP contribution in [-0.2, 0) is 6.42 Å². The first kappa shape index (κ1) is 13.3. The molecule has 3 N–H and O–H groups in total. The molecule has 0 radical (unpaired) electrons. The third-order valence-corrected chi connectivity index (χ3v) is 3.49. The molecule has 0 aliphatic heterocycles. The smallest absolute Gasteiger partial charge is 0.256 e. The summed E-state index contributed by atoms with van der Waals surface area (Å²) in [5.41, 5.74) is 7.63. The number of rotatable bonds is 4. The normalized spacial score (nSPS) is 9.89. The van der Waals surface area contributed by atoms with E-state index < -0.39 is 0 Å². The van der Waals surface area contributed by atoms with Gasteiger partial charge in [-0.25, -0.2) is 0 Å². The maximum absolute atomic E-state index is 12.0. The molecule has 0 atom stereocenters. The first-order valence-electron chi connectivity index (χ1n) is 5.82. The number of nitriles is 1. The average Bonchev–Trinajstić information content (AvgIpc) is 2.87. The van der Waals surface area contributed by atoms with Crippen LogP contribution in [0, 0.1) is 11.3 Å². The summed E-state index contributed by atoms with van der Waals surface area (Å²) in [5.74, 6) is -0.210. The van der Waals surface area contributed by atoms with Crippen molar-refractivity contribution < 1.29 is 4.79 Å². The summed E-state index contributed by atoms with van der Waals surface area (Å²) in [7, 11) is 0. The lowest BCUT2D eigenvalue weighted by Crippen LogP contribution is -2.11. The van der Waals surface area contributed by atoms with Gasteiger partial charge in [0, 0.05) is 5.56 Å². The van der Waals surface area contributed by atoms with Crippen LogP contribution in [0.15, 0.2) is 35.7 Å². The molecule has 1 heterocycles. The van der Waals surface area contributed by atoms with Crippen LogP contribution in [0.2, 0.25) is 0 Å². The molecule has 1 aromatic carbocycles. The lowest BCUT2D eigenvalue weighted by atomic mass is 10.1. The Hall–Kier alpha value is -2.16. The number of nitrogens with one attached hydrogen (secondary N) is 1. The number of carbonyl (C=O) groups is 1. The van der Waals surface area contributed by atoms with Gasteiger partial charge in [-0.15, -0.1) is 11.3 Å². The molecule has 0 fully saturated rings. The Labute approximate surface area is 115 Å². The average molecular weight is 271 g/mol. The van der Waals surface area contributed by atoms with Gasteiger partial charge in [-0.1, -0.05) is 12.1 Å². The highest BCUT2D eigenvalue weighted by Gasteiger charge is 2.10. The second-order valence-electron chi connectivity index (χ2n) is 3.96. The quantitative estimate of drug-likeness (QED) is 0.896. The van der Waals surface area contributed by atoms with E-state index >= 15 is 0 Å². The van der Waals surface area contributed by atoms with Gasteiger partial charge in [-0.2, -0.15) is 5.26 Å². The van der Waals surface area contributed by atoms with E-state index in [0.29, 0.717) is 22.7 Å². The summed E-state index contributed by atoms with van der Waals surface area (Å²) in [6, 6.07) is 11.0. The van der Waals surface area contributed by atoms with Crippen molar-refractivity contribution >= 4 is 22.2 Å². The van der Waals surface area contributed by atoms with Crippen molar-refractivity contribution in [2.75, 3.05) is 11.9 Å². The molecule has 0 aliphatic rings. The van der Waals surface area contributed by atoms with E-state index in [0.717, 1.165) is 12.0 Å². The fraction of sp³-hybridized carbons (Fsp3) is 0.143. The minimum absolute atomic E-state index is 0.210. The van der Waals surface area contributed by atoms with E-state index in [-0.39, 0.29) is 5.91 Å². The number of thiophene rings is 1. The molecule has 5 heteroatoms. The van der Waals surface area contributed by atoms with Crippen LogP contribution in [0.5, 0.6) is 0 Å². The molecule has 1 amide bonds. The van der Waals surface area contributed by atoms with E-state index in [9.17, 15) is 4.79 Å². The minimum Gasteiger partial charge on any atom is -0.330 e. The lowest BCUT2D eigenvalue weighted by Gasteiger charge is -2.04. The van der Waals surface area contributed by atoms with Gasteiger partial charge in [0.25, 0.3) is 5.91 Å². The second-order valence-corrected chi connectivity index (χ2v) is 4.88. The molecule has 96 valence electrons. The SMILES string of the molecule is N#Cc1ccsc1NC(=O)c1ccc(CCN)cc1. The van der Waals surface area contributed by atoms with E-state index in [1.165, 1.54) is 11.3 Å². The van der Waals surface area contributed by atoms with Gasteiger partial charge in [0.1, 0.15) is 11.1 Å². The van der Waals surface area contributed by atoms with Gasteiger partial charge in [0.15, 0.2) is 0 Å². The highest BCUT2D eigenvalue weighted by atomic mass is 32.1. The van der Waals surface area contributed by atoms with Gasteiger partial charge in [-0.05, 0) is 42.1 Å². The number of nitrogens with zero attached hydrogens (tertiary/aromatic N) is 1. The van der Waals surface area contributed by atoms with Crippen LogP contribution in [0.4, 0.5) is 5.00 Å². The monoisotopic (exact) mass is 271 g/mol. The van der Waals surface area contributed by atoms with E-state index in [1.54, 1.807) is 23.6 Å². The fourth-order valence-corrected chi connectivity index (χ4v) is 2.39. The fourth-order valence-electron chi connectivity index (χ4n) is 1.66. The number of nitrogens with two attached hydrogens (primary N) is 1. The standard InChI is InChI=1S/C14H13N3OS/c15-7-5-10-1-3-11(4-2-10)13(18)17-14-12(9-16)6-8-19-14/h1-4,6,8H,5,7,15H2,(H,17,18). The minimum atomic E-state index is -0.210. The summed E-state index contributed by atoms with van der Waals surface area (Å²) in [5, 5.41) is 14.0. The first-order valence-corrected chi connectivity index (χ1v) is 6.70. The summed E-state index contributed by atoms with van der Waals surface area (Å²) >= 11 is 1.34. The molecule has 0 spiro atoms. The molecule has 0 saturated heterocycles. The summed E-state index contributed by atoms with van der Waals surface area (Å²) in [6.45, 7) is 0.590. The number of carbonyl (C=O) groups excluding carboxylic acids is 1. The van der Waals surface area contributed by atoms with Gasteiger partial charge in [-0.3, -0.25) is 4.79 Å². The van der Waals surface area contributed by atoms with Crippen LogP contribution in [0.1, 0.15) is 21.5 Å². The third kappa shape index (κ3) is 3.19. The third-order valence-electron chi connectivity index (χ3n) is 2.66. The highest BCUT2D eigenvalue weighted by molar-refractivity contribution is 7.14. The molecule has 4 nitrogen and oxygen atoms in total. The maximum Gasteiger partial charge on any atom is 0.256 e. The predicted octanol–water partition coefficient (Wildman–Crippen LogP) is 2.37. The van der Waals surface area contributed by atoms with Crippen LogP contribution >= 0.6 is 11.3 Å². The molecule has 0 bridgehead atoms. The van der Waals surface area contributed by atoms with Crippen molar-refractivity contribution in [1.82, 2.24) is 0 Å². The molecule has 1 aromatic heterocycles. The molecular weight excluding hydrogens is 258 g/mol. The Morgan fingerprint density at radius 2 is 2.05 bits per heavy atom. The van der Waals surface area contributed by atoms with Crippen molar-refractivity contribution in [3.63, 3.8) is 0 Å². The van der Waals surface area contributed by atoms with Crippen LogP contribution < -0.4 is 11.1 Å². The highest BCUT2D eigenvalue weighted by Crippen LogP contribution is 2.22. The Morgan fingerprint density at radius 1 is 1.32 bits per heavy atom. The Balaban J connectivity index is 2.10. The largest absolute Gasteiger partial charge is 0.330 e. The zero-order valence-corrected chi connectivity index (χ0v) is 11.0. The Kier molecular flexibility index (Phi) is 4.29. The van der Waals surface area contributed by atoms with Gasteiger partial charge >= 0.3 is 0 Å². The summed E-state index contributed by atoms with van der Waals surface area (Å²) in [6.07, 6.45) is 0.797. The Morgan fingerprint density at radius 3 is 2.68 bits per heavy atom. The van der Waals surface area contributed by atoms with Gasteiger partial charge in [0.05, 0.1) is 5.56 Å². The van der Waals surface area contributed by atoms with E-state index in [4.69, 9.17) is 11.0 Å². The molecule has 19 heavy (non-hydrogen) atoms. The van der Waals surface area contributed by atoms with E-state index in [1.807, 2.05) is 18.2 Å². The maximum atomic E-state index is 12.0.